The molecular formula is C18H24N4O2. The third kappa shape index (κ3) is 3.75. The number of fused-ring (bicyclic) bond motifs is 1. The molecule has 1 amide bonds. The minimum atomic E-state index is -0.145. The second kappa shape index (κ2) is 7.03. The van der Waals surface area contributed by atoms with Crippen molar-refractivity contribution < 1.29 is 4.79 Å². The Hall–Kier alpha value is -2.37. The maximum absolute atomic E-state index is 12.2. The molecule has 3 rings (SSSR count). The molecular weight excluding hydrogens is 304 g/mol. The quantitative estimate of drug-likeness (QED) is 0.804. The summed E-state index contributed by atoms with van der Waals surface area (Å²) < 4.78 is 0. The first-order valence-electron chi connectivity index (χ1n) is 8.59. The van der Waals surface area contributed by atoms with Gasteiger partial charge in [0.15, 0.2) is 0 Å². The molecule has 3 N–H and O–H groups in total. The Labute approximate surface area is 141 Å². The molecule has 0 saturated heterocycles. The van der Waals surface area contributed by atoms with Crippen molar-refractivity contribution >= 4 is 22.8 Å². The smallest absolute Gasteiger partial charge is 0.260 e. The molecule has 1 aliphatic carbocycles. The minimum Gasteiger partial charge on any atom is -0.354 e. The highest BCUT2D eigenvalue weighted by Gasteiger charge is 2.27. The Morgan fingerprint density at radius 3 is 2.88 bits per heavy atom. The lowest BCUT2D eigenvalue weighted by atomic mass is 9.85. The molecule has 2 unspecified atom stereocenters. The molecule has 0 spiro atoms. The zero-order chi connectivity index (χ0) is 17.1. The molecule has 128 valence electrons. The van der Waals surface area contributed by atoms with Gasteiger partial charge in [0.2, 0.25) is 11.9 Å². The molecule has 1 heterocycles. The van der Waals surface area contributed by atoms with Gasteiger partial charge >= 0.3 is 0 Å². The van der Waals surface area contributed by atoms with Crippen LogP contribution in [0.5, 0.6) is 0 Å². The Balaban J connectivity index is 1.71. The first kappa shape index (κ1) is 16.5. The lowest BCUT2D eigenvalue weighted by Gasteiger charge is -2.29. The highest BCUT2D eigenvalue weighted by molar-refractivity contribution is 5.79. The number of carbonyl (C=O) groups excluding carboxylic acids is 1. The predicted molar refractivity (Wildman–Crippen MR) is 95.0 cm³/mol. The monoisotopic (exact) mass is 328 g/mol. The summed E-state index contributed by atoms with van der Waals surface area (Å²) in [6, 6.07) is 7.58. The van der Waals surface area contributed by atoms with E-state index >= 15 is 0 Å². The second-order valence-corrected chi connectivity index (χ2v) is 6.80. The van der Waals surface area contributed by atoms with E-state index in [0.717, 1.165) is 25.7 Å². The summed E-state index contributed by atoms with van der Waals surface area (Å²) in [4.78, 5) is 31.6. The molecule has 1 aliphatic rings. The van der Waals surface area contributed by atoms with Crippen LogP contribution in [0.3, 0.4) is 0 Å². The van der Waals surface area contributed by atoms with Gasteiger partial charge in [-0.25, -0.2) is 4.98 Å². The van der Waals surface area contributed by atoms with E-state index in [1.165, 1.54) is 0 Å². The number of carbonyl (C=O) groups is 1. The summed E-state index contributed by atoms with van der Waals surface area (Å²) in [6.07, 6.45) is 3.64. The van der Waals surface area contributed by atoms with Crippen LogP contribution in [0.4, 0.5) is 5.95 Å². The van der Waals surface area contributed by atoms with Crippen molar-refractivity contribution in [1.29, 1.82) is 0 Å². The maximum Gasteiger partial charge on any atom is 0.260 e. The number of aromatic nitrogens is 2. The summed E-state index contributed by atoms with van der Waals surface area (Å²) in [5.74, 6) is 0.621. The van der Waals surface area contributed by atoms with Crippen molar-refractivity contribution in [2.75, 3.05) is 5.32 Å². The second-order valence-electron chi connectivity index (χ2n) is 6.80. The largest absolute Gasteiger partial charge is 0.354 e. The van der Waals surface area contributed by atoms with Crippen molar-refractivity contribution in [2.45, 2.75) is 51.6 Å². The van der Waals surface area contributed by atoms with Gasteiger partial charge in [-0.2, -0.15) is 0 Å². The number of aromatic amines is 1. The Morgan fingerprint density at radius 1 is 1.29 bits per heavy atom. The minimum absolute atomic E-state index is 0.0193. The van der Waals surface area contributed by atoms with Crippen molar-refractivity contribution in [3.8, 4) is 0 Å². The molecule has 0 radical (unpaired) electrons. The summed E-state index contributed by atoms with van der Waals surface area (Å²) >= 11 is 0. The fraction of sp³-hybridized carbons (Fsp3) is 0.500. The van der Waals surface area contributed by atoms with E-state index in [0.29, 0.717) is 16.9 Å². The normalized spacial score (nSPS) is 21.0. The van der Waals surface area contributed by atoms with E-state index in [4.69, 9.17) is 0 Å². The van der Waals surface area contributed by atoms with Crippen LogP contribution in [0.25, 0.3) is 10.9 Å². The fourth-order valence-corrected chi connectivity index (χ4v) is 3.31. The van der Waals surface area contributed by atoms with Gasteiger partial charge in [-0.15, -0.1) is 0 Å². The van der Waals surface area contributed by atoms with Gasteiger partial charge in [-0.1, -0.05) is 18.6 Å². The molecule has 2 atom stereocenters. The molecule has 2 aromatic rings. The molecule has 6 nitrogen and oxygen atoms in total. The number of anilines is 1. The number of nitrogens with zero attached hydrogens (tertiary/aromatic N) is 1. The number of benzene rings is 1. The van der Waals surface area contributed by atoms with Crippen molar-refractivity contribution in [2.24, 2.45) is 5.92 Å². The van der Waals surface area contributed by atoms with Crippen molar-refractivity contribution in [3.05, 3.63) is 34.6 Å². The van der Waals surface area contributed by atoms with Crippen molar-refractivity contribution in [3.63, 3.8) is 0 Å². The van der Waals surface area contributed by atoms with Crippen LogP contribution < -0.4 is 16.2 Å². The third-order valence-corrected chi connectivity index (χ3v) is 4.43. The Morgan fingerprint density at radius 2 is 2.08 bits per heavy atom. The van der Waals surface area contributed by atoms with E-state index < -0.39 is 0 Å². The van der Waals surface area contributed by atoms with Gasteiger partial charge in [-0.05, 0) is 45.2 Å². The van der Waals surface area contributed by atoms with Gasteiger partial charge in [-0.3, -0.25) is 14.6 Å². The van der Waals surface area contributed by atoms with E-state index in [1.54, 1.807) is 6.07 Å². The zero-order valence-electron chi connectivity index (χ0n) is 14.1. The SMILES string of the molecule is CC(C)NC(=O)C1CCCC(Nc2nc3ccccc3c(=O)[nH]2)C1. The van der Waals surface area contributed by atoms with Crippen LogP contribution in [0.1, 0.15) is 39.5 Å². The van der Waals surface area contributed by atoms with E-state index in [2.05, 4.69) is 20.6 Å². The first-order valence-corrected chi connectivity index (χ1v) is 8.59. The zero-order valence-corrected chi connectivity index (χ0v) is 14.1. The number of amides is 1. The van der Waals surface area contributed by atoms with Crippen LogP contribution in [0.15, 0.2) is 29.1 Å². The topological polar surface area (TPSA) is 86.9 Å². The summed E-state index contributed by atoms with van der Waals surface area (Å²) in [5, 5.41) is 6.88. The van der Waals surface area contributed by atoms with Crippen LogP contribution in [0, 0.1) is 5.92 Å². The van der Waals surface area contributed by atoms with Gasteiger partial charge in [0.1, 0.15) is 0 Å². The number of hydrogen-bond donors (Lipinski definition) is 3. The summed E-state index contributed by atoms with van der Waals surface area (Å²) in [5.41, 5.74) is 0.529. The number of hydrogen-bond acceptors (Lipinski definition) is 4. The third-order valence-electron chi connectivity index (χ3n) is 4.43. The molecule has 1 aromatic carbocycles. The first-order chi connectivity index (χ1) is 11.5. The number of H-pyrrole nitrogens is 1. The van der Waals surface area contributed by atoms with E-state index in [9.17, 15) is 9.59 Å². The molecule has 0 aliphatic heterocycles. The van der Waals surface area contributed by atoms with Gasteiger partial charge in [0, 0.05) is 18.0 Å². The maximum atomic E-state index is 12.2. The number of nitrogens with one attached hydrogen (secondary N) is 3. The average molecular weight is 328 g/mol. The lowest BCUT2D eigenvalue weighted by molar-refractivity contribution is -0.126. The van der Waals surface area contributed by atoms with Crippen LogP contribution in [-0.4, -0.2) is 28.0 Å². The highest BCUT2D eigenvalue weighted by atomic mass is 16.2. The standard InChI is InChI=1S/C18H24N4O2/c1-11(2)19-16(23)12-6-5-7-13(10-12)20-18-21-15-9-4-3-8-14(15)17(24)22-18/h3-4,8-9,11-13H,5-7,10H2,1-2H3,(H,19,23)(H2,20,21,22,24). The molecule has 1 saturated carbocycles. The molecule has 1 fully saturated rings. The van der Waals surface area contributed by atoms with Gasteiger partial charge in [0.05, 0.1) is 10.9 Å². The van der Waals surface area contributed by atoms with E-state index in [-0.39, 0.29) is 29.5 Å². The number of rotatable bonds is 4. The van der Waals surface area contributed by atoms with Crippen LogP contribution in [0.2, 0.25) is 0 Å². The van der Waals surface area contributed by atoms with Crippen LogP contribution >= 0.6 is 0 Å². The molecule has 1 aromatic heterocycles. The van der Waals surface area contributed by atoms with Gasteiger partial charge < -0.3 is 10.6 Å². The van der Waals surface area contributed by atoms with Crippen molar-refractivity contribution in [1.82, 2.24) is 15.3 Å². The fourth-order valence-electron chi connectivity index (χ4n) is 3.31. The van der Waals surface area contributed by atoms with Crippen LogP contribution in [-0.2, 0) is 4.79 Å². The lowest BCUT2D eigenvalue weighted by Crippen LogP contribution is -2.40. The summed E-state index contributed by atoms with van der Waals surface area (Å²) in [6.45, 7) is 3.94. The Kier molecular flexibility index (Phi) is 4.83. The number of para-hydroxylation sites is 1. The molecule has 0 bridgehead atoms. The van der Waals surface area contributed by atoms with E-state index in [1.807, 2.05) is 32.0 Å². The predicted octanol–water partition coefficient (Wildman–Crippen LogP) is 2.42. The molecule has 6 heteroatoms. The average Bonchev–Trinajstić information content (AvgIpc) is 2.54. The van der Waals surface area contributed by atoms with Gasteiger partial charge in [0.25, 0.3) is 5.56 Å². The molecule has 24 heavy (non-hydrogen) atoms. The Bertz CT molecular complexity index is 784. The highest BCUT2D eigenvalue weighted by Crippen LogP contribution is 2.26. The summed E-state index contributed by atoms with van der Waals surface area (Å²) in [7, 11) is 0.